The van der Waals surface area contributed by atoms with E-state index in [2.05, 4.69) is 9.97 Å². The first kappa shape index (κ1) is 15.0. The molecule has 1 atom stereocenters. The molecule has 1 aromatic heterocycles. The molecule has 118 valence electrons. The fraction of sp³-hybridized carbons (Fsp3) is 0.769. The van der Waals surface area contributed by atoms with Crippen LogP contribution >= 0.6 is 0 Å². The fourth-order valence-corrected chi connectivity index (χ4v) is 4.62. The van der Waals surface area contributed by atoms with Gasteiger partial charge in [-0.05, 0) is 19.8 Å². The summed E-state index contributed by atoms with van der Waals surface area (Å²) in [6.07, 6.45) is 3.64. The van der Waals surface area contributed by atoms with Crippen LogP contribution in [0.15, 0.2) is 6.20 Å². The zero-order chi connectivity index (χ0) is 14.9. The lowest BCUT2D eigenvalue weighted by Gasteiger charge is -2.36. The van der Waals surface area contributed by atoms with Crippen LogP contribution in [0.3, 0.4) is 0 Å². The van der Waals surface area contributed by atoms with Gasteiger partial charge in [0, 0.05) is 44.0 Å². The van der Waals surface area contributed by atoms with Crippen LogP contribution < -0.4 is 0 Å². The highest BCUT2D eigenvalue weighted by Crippen LogP contribution is 2.27. The number of aryl methyl sites for hydroxylation is 1. The molecule has 2 aliphatic heterocycles. The molecule has 21 heavy (non-hydrogen) atoms. The Bertz CT molecular complexity index is 580. The average molecular weight is 314 g/mol. The van der Waals surface area contributed by atoms with Crippen molar-refractivity contribution in [2.75, 3.05) is 39.4 Å². The van der Waals surface area contributed by atoms with Crippen molar-refractivity contribution in [3.8, 4) is 0 Å². The number of piperidine rings is 1. The molecule has 1 N–H and O–H groups in total. The van der Waals surface area contributed by atoms with Crippen molar-refractivity contribution in [2.24, 2.45) is 0 Å². The van der Waals surface area contributed by atoms with Crippen LogP contribution in [0.5, 0.6) is 0 Å². The molecule has 7 nitrogen and oxygen atoms in total. The highest BCUT2D eigenvalue weighted by atomic mass is 32.2. The summed E-state index contributed by atoms with van der Waals surface area (Å²) in [5, 5.41) is 0. The first-order valence-electron chi connectivity index (χ1n) is 7.42. The molecule has 3 heterocycles. The highest BCUT2D eigenvalue weighted by molar-refractivity contribution is 7.86. The van der Waals surface area contributed by atoms with Crippen LogP contribution in [0.2, 0.25) is 0 Å². The lowest BCUT2D eigenvalue weighted by Crippen LogP contribution is -2.51. The number of hydrogen-bond acceptors (Lipinski definition) is 4. The van der Waals surface area contributed by atoms with E-state index >= 15 is 0 Å². The molecular weight excluding hydrogens is 292 g/mol. The van der Waals surface area contributed by atoms with Crippen LogP contribution in [0.1, 0.15) is 30.3 Å². The van der Waals surface area contributed by atoms with Crippen LogP contribution in [-0.4, -0.2) is 66.4 Å². The Hall–Kier alpha value is -0.960. The number of nitrogens with zero attached hydrogens (tertiary/aromatic N) is 3. The topological polar surface area (TPSA) is 78.5 Å². The molecule has 0 aromatic carbocycles. The molecule has 0 radical (unpaired) electrons. The number of hydrogen-bond donors (Lipinski definition) is 1. The quantitative estimate of drug-likeness (QED) is 0.880. The van der Waals surface area contributed by atoms with Gasteiger partial charge in [-0.15, -0.1) is 0 Å². The van der Waals surface area contributed by atoms with Crippen LogP contribution in [0.4, 0.5) is 0 Å². The number of imidazole rings is 1. The number of ether oxygens (including phenoxy) is 1. The SMILES string of the molecule is Cc1cnc([C@@H]2CCCN(S(=O)(=O)N3CCOCC3)C2)[nH]1. The van der Waals surface area contributed by atoms with Crippen molar-refractivity contribution in [3.63, 3.8) is 0 Å². The van der Waals surface area contributed by atoms with Gasteiger partial charge >= 0.3 is 0 Å². The molecule has 0 aliphatic carbocycles. The minimum atomic E-state index is -3.37. The van der Waals surface area contributed by atoms with Gasteiger partial charge < -0.3 is 9.72 Å². The lowest BCUT2D eigenvalue weighted by atomic mass is 9.99. The number of rotatable bonds is 3. The molecule has 2 saturated heterocycles. The maximum absolute atomic E-state index is 12.7. The van der Waals surface area contributed by atoms with E-state index in [-0.39, 0.29) is 5.92 Å². The summed E-state index contributed by atoms with van der Waals surface area (Å²) in [7, 11) is -3.37. The summed E-state index contributed by atoms with van der Waals surface area (Å²) >= 11 is 0. The molecule has 2 fully saturated rings. The minimum Gasteiger partial charge on any atom is -0.379 e. The Labute approximate surface area is 125 Å². The van der Waals surface area contributed by atoms with Crippen molar-refractivity contribution in [3.05, 3.63) is 17.7 Å². The molecule has 0 unspecified atom stereocenters. The van der Waals surface area contributed by atoms with Crippen molar-refractivity contribution < 1.29 is 13.2 Å². The molecule has 8 heteroatoms. The van der Waals surface area contributed by atoms with Crippen molar-refractivity contribution in [2.45, 2.75) is 25.7 Å². The number of H-pyrrole nitrogens is 1. The normalized spacial score (nSPS) is 26.0. The molecular formula is C13H22N4O3S. The van der Waals surface area contributed by atoms with Crippen molar-refractivity contribution >= 4 is 10.2 Å². The summed E-state index contributed by atoms with van der Waals surface area (Å²) in [4.78, 5) is 7.59. The Kier molecular flexibility index (Phi) is 4.30. The number of nitrogens with one attached hydrogen (secondary N) is 1. The second-order valence-electron chi connectivity index (χ2n) is 5.67. The van der Waals surface area contributed by atoms with Gasteiger partial charge in [0.25, 0.3) is 10.2 Å². The second-order valence-corrected chi connectivity index (χ2v) is 7.60. The van der Waals surface area contributed by atoms with Crippen LogP contribution in [0.25, 0.3) is 0 Å². The third kappa shape index (κ3) is 3.13. The predicted molar refractivity (Wildman–Crippen MR) is 78.2 cm³/mol. The van der Waals surface area contributed by atoms with Gasteiger partial charge in [0.2, 0.25) is 0 Å². The van der Waals surface area contributed by atoms with E-state index in [4.69, 9.17) is 4.74 Å². The Morgan fingerprint density at radius 2 is 2.05 bits per heavy atom. The average Bonchev–Trinajstić information content (AvgIpc) is 2.95. The maximum atomic E-state index is 12.7. The predicted octanol–water partition coefficient (Wildman–Crippen LogP) is 0.475. The van der Waals surface area contributed by atoms with Crippen molar-refractivity contribution in [1.29, 1.82) is 0 Å². The Morgan fingerprint density at radius 3 is 2.71 bits per heavy atom. The highest BCUT2D eigenvalue weighted by Gasteiger charge is 2.35. The maximum Gasteiger partial charge on any atom is 0.282 e. The summed E-state index contributed by atoms with van der Waals surface area (Å²) in [5.74, 6) is 1.05. The van der Waals surface area contributed by atoms with Gasteiger partial charge in [0.1, 0.15) is 5.82 Å². The summed E-state index contributed by atoms with van der Waals surface area (Å²) in [6.45, 7) is 4.92. The van der Waals surface area contributed by atoms with E-state index in [1.54, 1.807) is 10.5 Å². The first-order chi connectivity index (χ1) is 10.1. The van der Waals surface area contributed by atoms with Gasteiger partial charge in [-0.3, -0.25) is 0 Å². The molecule has 1 aromatic rings. The van der Waals surface area contributed by atoms with Gasteiger partial charge in [-0.1, -0.05) is 0 Å². The third-order valence-electron chi connectivity index (χ3n) is 4.12. The van der Waals surface area contributed by atoms with Gasteiger partial charge in [-0.25, -0.2) is 4.98 Å². The summed E-state index contributed by atoms with van der Waals surface area (Å²) < 4.78 is 33.7. The van der Waals surface area contributed by atoms with E-state index in [9.17, 15) is 8.42 Å². The monoisotopic (exact) mass is 314 g/mol. The second kappa shape index (κ2) is 6.04. The third-order valence-corrected chi connectivity index (χ3v) is 6.12. The van der Waals surface area contributed by atoms with Gasteiger partial charge in [0.15, 0.2) is 0 Å². The van der Waals surface area contributed by atoms with E-state index in [0.717, 1.165) is 24.4 Å². The zero-order valence-corrected chi connectivity index (χ0v) is 13.1. The van der Waals surface area contributed by atoms with Crippen LogP contribution in [-0.2, 0) is 14.9 Å². The molecule has 0 spiro atoms. The molecule has 0 amide bonds. The molecule has 2 aliphatic rings. The fourth-order valence-electron chi connectivity index (χ4n) is 2.96. The van der Waals surface area contributed by atoms with Gasteiger partial charge in [-0.2, -0.15) is 17.0 Å². The minimum absolute atomic E-state index is 0.156. The zero-order valence-electron chi connectivity index (χ0n) is 12.3. The smallest absolute Gasteiger partial charge is 0.282 e. The van der Waals surface area contributed by atoms with Gasteiger partial charge in [0.05, 0.1) is 13.2 Å². The lowest BCUT2D eigenvalue weighted by molar-refractivity contribution is 0.0695. The van der Waals surface area contributed by atoms with E-state index < -0.39 is 10.2 Å². The number of aromatic amines is 1. The van der Waals surface area contributed by atoms with E-state index in [1.807, 2.05) is 6.92 Å². The summed E-state index contributed by atoms with van der Waals surface area (Å²) in [5.41, 5.74) is 1.01. The molecule has 0 saturated carbocycles. The Balaban J connectivity index is 1.73. The van der Waals surface area contributed by atoms with Crippen molar-refractivity contribution in [1.82, 2.24) is 18.6 Å². The Morgan fingerprint density at radius 1 is 1.29 bits per heavy atom. The molecule has 3 rings (SSSR count). The standard InChI is InChI=1S/C13H22N4O3S/c1-11-9-14-13(15-11)12-3-2-4-17(10-12)21(18,19)16-5-7-20-8-6-16/h9,12H,2-8,10H2,1H3,(H,14,15)/t12-/m1/s1. The summed E-state index contributed by atoms with van der Waals surface area (Å²) in [6, 6.07) is 0. The van der Waals surface area contributed by atoms with E-state index in [0.29, 0.717) is 39.4 Å². The first-order valence-corrected chi connectivity index (χ1v) is 8.81. The van der Waals surface area contributed by atoms with E-state index in [1.165, 1.54) is 4.31 Å². The van der Waals surface area contributed by atoms with Crippen LogP contribution in [0, 0.1) is 6.92 Å². The number of morpholine rings is 1. The largest absolute Gasteiger partial charge is 0.379 e. The molecule has 0 bridgehead atoms. The number of aromatic nitrogens is 2.